The molecule has 3 N–H and O–H groups in total. The monoisotopic (exact) mass is 128 g/mol. The molecule has 0 aromatic rings. The number of nitrogens with one attached hydrogen (secondary N) is 1. The van der Waals surface area contributed by atoms with E-state index < -0.39 is 0 Å². The van der Waals surface area contributed by atoms with Crippen LogP contribution in [0.2, 0.25) is 0 Å². The quantitative estimate of drug-likeness (QED) is 0.482. The van der Waals surface area contributed by atoms with E-state index in [1.165, 1.54) is 0 Å². The van der Waals surface area contributed by atoms with Crippen molar-refractivity contribution < 1.29 is 4.79 Å². The fraction of sp³-hybridized carbons (Fsp3) is 0.833. The number of hydrogen-bond donors (Lipinski definition) is 2. The molecule has 3 nitrogen and oxygen atoms in total. The third-order valence-corrected chi connectivity index (χ3v) is 1.78. The van der Waals surface area contributed by atoms with E-state index in [0.717, 1.165) is 13.1 Å². The summed E-state index contributed by atoms with van der Waals surface area (Å²) in [5.41, 5.74) is 5.60. The normalized spacial score (nSPS) is 34.9. The molecule has 0 aromatic carbocycles. The molecule has 2 unspecified atom stereocenters. The average molecular weight is 128 g/mol. The first-order valence-electron chi connectivity index (χ1n) is 3.18. The van der Waals surface area contributed by atoms with Gasteiger partial charge in [-0.1, -0.05) is 0 Å². The number of nitrogens with two attached hydrogens (primary N) is 1. The van der Waals surface area contributed by atoms with Gasteiger partial charge in [0.05, 0.1) is 0 Å². The second kappa shape index (κ2) is 2.45. The predicted octanol–water partition coefficient (Wildman–Crippen LogP) is -0.878. The van der Waals surface area contributed by atoms with Gasteiger partial charge in [0.1, 0.15) is 5.78 Å². The summed E-state index contributed by atoms with van der Waals surface area (Å²) in [5.74, 6) is 0.262. The fourth-order valence-electron chi connectivity index (χ4n) is 1.14. The van der Waals surface area contributed by atoms with Crippen LogP contribution in [0.3, 0.4) is 0 Å². The Labute approximate surface area is 54.6 Å². The highest BCUT2D eigenvalue weighted by molar-refractivity contribution is 5.79. The molecule has 0 amide bonds. The van der Waals surface area contributed by atoms with Gasteiger partial charge in [-0.15, -0.1) is 0 Å². The number of hydrogen-bond acceptors (Lipinski definition) is 3. The molecular weight excluding hydrogens is 116 g/mol. The molecule has 1 fully saturated rings. The van der Waals surface area contributed by atoms with E-state index in [-0.39, 0.29) is 17.7 Å². The first kappa shape index (κ1) is 6.71. The lowest BCUT2D eigenvalue weighted by molar-refractivity contribution is -0.120. The highest BCUT2D eigenvalue weighted by Gasteiger charge is 2.26. The van der Waals surface area contributed by atoms with Crippen LogP contribution < -0.4 is 11.1 Å². The predicted molar refractivity (Wildman–Crippen MR) is 35.0 cm³/mol. The summed E-state index contributed by atoms with van der Waals surface area (Å²) >= 11 is 0. The Balaban J connectivity index is 2.49. The van der Waals surface area contributed by atoms with Crippen molar-refractivity contribution in [1.29, 1.82) is 0 Å². The van der Waals surface area contributed by atoms with E-state index in [9.17, 15) is 4.79 Å². The number of ketones is 1. The lowest BCUT2D eigenvalue weighted by Crippen LogP contribution is -2.32. The largest absolute Gasteiger partial charge is 0.326 e. The highest BCUT2D eigenvalue weighted by atomic mass is 16.1. The van der Waals surface area contributed by atoms with Crippen molar-refractivity contribution in [2.24, 2.45) is 11.7 Å². The minimum atomic E-state index is 0.0440. The molecule has 1 rings (SSSR count). The van der Waals surface area contributed by atoms with E-state index in [1.54, 1.807) is 6.92 Å². The molecule has 3 heteroatoms. The second-order valence-corrected chi connectivity index (χ2v) is 2.54. The van der Waals surface area contributed by atoms with Crippen molar-refractivity contribution in [3.63, 3.8) is 0 Å². The minimum absolute atomic E-state index is 0.0440. The molecule has 0 radical (unpaired) electrons. The van der Waals surface area contributed by atoms with Crippen LogP contribution in [-0.2, 0) is 4.79 Å². The molecular formula is C6H12N2O. The fourth-order valence-corrected chi connectivity index (χ4v) is 1.14. The molecule has 1 heterocycles. The molecule has 1 aliphatic rings. The molecule has 0 aromatic heterocycles. The summed E-state index contributed by atoms with van der Waals surface area (Å²) in [6.45, 7) is 3.14. The van der Waals surface area contributed by atoms with Crippen LogP contribution in [-0.4, -0.2) is 24.9 Å². The van der Waals surface area contributed by atoms with E-state index in [1.807, 2.05) is 0 Å². The van der Waals surface area contributed by atoms with Crippen molar-refractivity contribution in [2.45, 2.75) is 13.0 Å². The van der Waals surface area contributed by atoms with Gasteiger partial charge in [0.15, 0.2) is 0 Å². The zero-order valence-electron chi connectivity index (χ0n) is 5.55. The summed E-state index contributed by atoms with van der Waals surface area (Å²) < 4.78 is 0. The van der Waals surface area contributed by atoms with E-state index in [4.69, 9.17) is 5.73 Å². The van der Waals surface area contributed by atoms with Gasteiger partial charge in [-0.2, -0.15) is 0 Å². The van der Waals surface area contributed by atoms with Gasteiger partial charge >= 0.3 is 0 Å². The summed E-state index contributed by atoms with van der Waals surface area (Å²) in [6, 6.07) is 0.0440. The SMILES string of the molecule is CC(=O)C1CNCC1N. The number of rotatable bonds is 1. The van der Waals surface area contributed by atoms with Crippen molar-refractivity contribution >= 4 is 5.78 Å². The van der Waals surface area contributed by atoms with Gasteiger partial charge in [0, 0.05) is 25.0 Å². The Morgan fingerprint density at radius 3 is 2.56 bits per heavy atom. The van der Waals surface area contributed by atoms with Crippen LogP contribution in [0.4, 0.5) is 0 Å². The van der Waals surface area contributed by atoms with Crippen LogP contribution in [0, 0.1) is 5.92 Å². The maximum Gasteiger partial charge on any atom is 0.135 e. The topological polar surface area (TPSA) is 55.1 Å². The van der Waals surface area contributed by atoms with Gasteiger partial charge < -0.3 is 11.1 Å². The Bertz CT molecular complexity index is 124. The average Bonchev–Trinajstić information content (AvgIpc) is 2.13. The Kier molecular flexibility index (Phi) is 1.83. The molecule has 9 heavy (non-hydrogen) atoms. The Hall–Kier alpha value is -0.410. The van der Waals surface area contributed by atoms with E-state index in [2.05, 4.69) is 5.32 Å². The first-order chi connectivity index (χ1) is 4.22. The zero-order chi connectivity index (χ0) is 6.85. The van der Waals surface area contributed by atoms with Gasteiger partial charge in [0.2, 0.25) is 0 Å². The molecule has 0 bridgehead atoms. The lowest BCUT2D eigenvalue weighted by atomic mass is 10.0. The van der Waals surface area contributed by atoms with Crippen LogP contribution in [0.5, 0.6) is 0 Å². The highest BCUT2D eigenvalue weighted by Crippen LogP contribution is 2.06. The number of carbonyl (C=O) groups is 1. The van der Waals surface area contributed by atoms with Gasteiger partial charge in [-0.25, -0.2) is 0 Å². The molecule has 52 valence electrons. The summed E-state index contributed by atoms with van der Waals surface area (Å²) in [4.78, 5) is 10.7. The molecule has 0 spiro atoms. The van der Waals surface area contributed by atoms with Crippen molar-refractivity contribution in [2.75, 3.05) is 13.1 Å². The zero-order valence-corrected chi connectivity index (χ0v) is 5.55. The molecule has 0 saturated carbocycles. The number of Topliss-reactive ketones (excluding diaryl/α,β-unsaturated/α-hetero) is 1. The Morgan fingerprint density at radius 1 is 1.67 bits per heavy atom. The Morgan fingerprint density at radius 2 is 2.33 bits per heavy atom. The van der Waals surface area contributed by atoms with Gasteiger partial charge in [0.25, 0.3) is 0 Å². The summed E-state index contributed by atoms with van der Waals surface area (Å²) in [5, 5.41) is 3.06. The third-order valence-electron chi connectivity index (χ3n) is 1.78. The van der Waals surface area contributed by atoms with E-state index in [0.29, 0.717) is 0 Å². The minimum Gasteiger partial charge on any atom is -0.326 e. The van der Waals surface area contributed by atoms with Crippen molar-refractivity contribution in [3.8, 4) is 0 Å². The van der Waals surface area contributed by atoms with Crippen LogP contribution in [0.25, 0.3) is 0 Å². The van der Waals surface area contributed by atoms with E-state index >= 15 is 0 Å². The molecule has 1 saturated heterocycles. The number of carbonyl (C=O) groups excluding carboxylic acids is 1. The molecule has 0 aliphatic carbocycles. The van der Waals surface area contributed by atoms with Crippen molar-refractivity contribution in [3.05, 3.63) is 0 Å². The third kappa shape index (κ3) is 1.28. The van der Waals surface area contributed by atoms with Gasteiger partial charge in [-0.05, 0) is 6.92 Å². The van der Waals surface area contributed by atoms with Crippen LogP contribution >= 0.6 is 0 Å². The molecule has 2 atom stereocenters. The smallest absolute Gasteiger partial charge is 0.135 e. The van der Waals surface area contributed by atoms with Crippen LogP contribution in [0.15, 0.2) is 0 Å². The van der Waals surface area contributed by atoms with Gasteiger partial charge in [-0.3, -0.25) is 4.79 Å². The standard InChI is InChI=1S/C6H12N2O/c1-4(9)5-2-8-3-6(5)7/h5-6,8H,2-3,7H2,1H3. The first-order valence-corrected chi connectivity index (χ1v) is 3.18. The summed E-state index contributed by atoms with van der Waals surface area (Å²) in [6.07, 6.45) is 0. The summed E-state index contributed by atoms with van der Waals surface area (Å²) in [7, 11) is 0. The van der Waals surface area contributed by atoms with Crippen LogP contribution in [0.1, 0.15) is 6.92 Å². The van der Waals surface area contributed by atoms with Crippen molar-refractivity contribution in [1.82, 2.24) is 5.32 Å². The second-order valence-electron chi connectivity index (χ2n) is 2.54. The maximum absolute atomic E-state index is 10.7. The maximum atomic E-state index is 10.7. The molecule has 1 aliphatic heterocycles. The lowest BCUT2D eigenvalue weighted by Gasteiger charge is -2.07.